The van der Waals surface area contributed by atoms with Crippen molar-refractivity contribution in [3.05, 3.63) is 47.5 Å². The lowest BCUT2D eigenvalue weighted by molar-refractivity contribution is -0.137. The number of ether oxygens (including phenoxy) is 1. The van der Waals surface area contributed by atoms with Gasteiger partial charge < -0.3 is 9.64 Å². The molecule has 1 amide bonds. The first-order chi connectivity index (χ1) is 10.7. The van der Waals surface area contributed by atoms with Gasteiger partial charge in [0.25, 0.3) is 0 Å². The van der Waals surface area contributed by atoms with Crippen molar-refractivity contribution in [2.45, 2.75) is 32.4 Å². The molecule has 2 heterocycles. The number of aromatic amines is 1. The first kappa shape index (κ1) is 14.7. The second-order valence-electron chi connectivity index (χ2n) is 5.50. The van der Waals surface area contributed by atoms with Crippen molar-refractivity contribution in [3.63, 3.8) is 0 Å². The molecule has 1 atom stereocenters. The molecule has 0 aliphatic carbocycles. The fourth-order valence-corrected chi connectivity index (χ4v) is 2.76. The van der Waals surface area contributed by atoms with Gasteiger partial charge in [-0.1, -0.05) is 30.3 Å². The van der Waals surface area contributed by atoms with E-state index in [1.807, 2.05) is 42.2 Å². The second kappa shape index (κ2) is 6.70. The number of carbonyl (C=O) groups is 1. The number of H-pyrrole nitrogens is 1. The first-order valence-corrected chi connectivity index (χ1v) is 7.54. The van der Waals surface area contributed by atoms with Gasteiger partial charge >= 0.3 is 0 Å². The van der Waals surface area contributed by atoms with Gasteiger partial charge in [-0.05, 0) is 25.3 Å². The predicted molar refractivity (Wildman–Crippen MR) is 80.9 cm³/mol. The molecule has 6 nitrogen and oxygen atoms in total. The highest BCUT2D eigenvalue weighted by Gasteiger charge is 2.32. The summed E-state index contributed by atoms with van der Waals surface area (Å²) >= 11 is 0. The van der Waals surface area contributed by atoms with Crippen molar-refractivity contribution in [2.75, 3.05) is 13.2 Å². The van der Waals surface area contributed by atoms with Gasteiger partial charge in [0.1, 0.15) is 12.4 Å². The molecule has 0 spiro atoms. The number of benzene rings is 1. The minimum absolute atomic E-state index is 0.000819. The van der Waals surface area contributed by atoms with Crippen LogP contribution in [0.1, 0.15) is 36.1 Å². The maximum absolute atomic E-state index is 12.4. The predicted octanol–water partition coefficient (Wildman–Crippen LogP) is 1.99. The summed E-state index contributed by atoms with van der Waals surface area (Å²) in [5.74, 6) is 1.47. The maximum atomic E-state index is 12.4. The lowest BCUT2D eigenvalue weighted by Crippen LogP contribution is -2.34. The molecule has 6 heteroatoms. The quantitative estimate of drug-likeness (QED) is 0.916. The average Bonchev–Trinajstić information content (AvgIpc) is 3.16. The summed E-state index contributed by atoms with van der Waals surface area (Å²) in [5.41, 5.74) is 1.07. The maximum Gasteiger partial charge on any atom is 0.249 e. The smallest absolute Gasteiger partial charge is 0.249 e. The third kappa shape index (κ3) is 3.33. The molecule has 0 radical (unpaired) electrons. The van der Waals surface area contributed by atoms with E-state index in [1.165, 1.54) is 0 Å². The summed E-state index contributed by atoms with van der Waals surface area (Å²) in [4.78, 5) is 18.5. The van der Waals surface area contributed by atoms with E-state index in [0.29, 0.717) is 12.4 Å². The molecule has 1 aromatic carbocycles. The summed E-state index contributed by atoms with van der Waals surface area (Å²) < 4.78 is 5.54. The third-order valence-electron chi connectivity index (χ3n) is 3.82. The van der Waals surface area contributed by atoms with Crippen LogP contribution in [-0.2, 0) is 16.1 Å². The molecule has 0 bridgehead atoms. The van der Waals surface area contributed by atoms with Crippen LogP contribution in [0.5, 0.6) is 0 Å². The molecular weight excluding hydrogens is 280 g/mol. The molecule has 22 heavy (non-hydrogen) atoms. The van der Waals surface area contributed by atoms with E-state index in [9.17, 15) is 4.79 Å². The number of hydrogen-bond acceptors (Lipinski definition) is 4. The van der Waals surface area contributed by atoms with Crippen LogP contribution in [0, 0.1) is 6.92 Å². The van der Waals surface area contributed by atoms with E-state index in [-0.39, 0.29) is 18.6 Å². The molecule has 116 valence electrons. The van der Waals surface area contributed by atoms with Crippen LogP contribution in [-0.4, -0.2) is 39.1 Å². The van der Waals surface area contributed by atoms with E-state index in [4.69, 9.17) is 4.74 Å². The summed E-state index contributed by atoms with van der Waals surface area (Å²) in [7, 11) is 0. The number of rotatable bonds is 5. The Morgan fingerprint density at radius 1 is 1.41 bits per heavy atom. The molecule has 1 saturated heterocycles. The molecule has 1 aromatic heterocycles. The Morgan fingerprint density at radius 3 is 2.95 bits per heavy atom. The fourth-order valence-electron chi connectivity index (χ4n) is 2.76. The number of nitrogens with one attached hydrogen (secondary N) is 1. The van der Waals surface area contributed by atoms with Crippen LogP contribution in [0.3, 0.4) is 0 Å². The minimum Gasteiger partial charge on any atom is -0.367 e. The second-order valence-corrected chi connectivity index (χ2v) is 5.50. The van der Waals surface area contributed by atoms with Gasteiger partial charge in [-0.25, -0.2) is 4.98 Å². The topological polar surface area (TPSA) is 71.1 Å². The Labute approximate surface area is 129 Å². The highest BCUT2D eigenvalue weighted by molar-refractivity contribution is 5.78. The van der Waals surface area contributed by atoms with Crippen molar-refractivity contribution >= 4 is 5.91 Å². The fraction of sp³-hybridized carbons (Fsp3) is 0.438. The number of hydrogen-bond donors (Lipinski definition) is 1. The molecule has 2 aromatic rings. The summed E-state index contributed by atoms with van der Waals surface area (Å²) in [5, 5.41) is 7.03. The van der Waals surface area contributed by atoms with Gasteiger partial charge in [0, 0.05) is 6.54 Å². The molecule has 1 N–H and O–H groups in total. The molecule has 1 aliphatic rings. The third-order valence-corrected chi connectivity index (χ3v) is 3.82. The van der Waals surface area contributed by atoms with Crippen molar-refractivity contribution in [1.29, 1.82) is 0 Å². The van der Waals surface area contributed by atoms with E-state index >= 15 is 0 Å². The zero-order chi connectivity index (χ0) is 15.4. The highest BCUT2D eigenvalue weighted by Crippen LogP contribution is 2.29. The normalized spacial score (nSPS) is 17.9. The van der Waals surface area contributed by atoms with E-state index in [0.717, 1.165) is 30.8 Å². The zero-order valence-corrected chi connectivity index (χ0v) is 12.7. The van der Waals surface area contributed by atoms with Gasteiger partial charge in [0.2, 0.25) is 5.91 Å². The summed E-state index contributed by atoms with van der Waals surface area (Å²) in [6, 6.07) is 9.82. The SMILES string of the molecule is Cc1nc([C@H]2CCCN2C(=O)COCc2ccccc2)n[nH]1. The van der Waals surface area contributed by atoms with Gasteiger partial charge in [-0.3, -0.25) is 9.89 Å². The largest absolute Gasteiger partial charge is 0.367 e. The number of aryl methyl sites for hydroxylation is 1. The Hall–Kier alpha value is -2.21. The van der Waals surface area contributed by atoms with Crippen molar-refractivity contribution < 1.29 is 9.53 Å². The van der Waals surface area contributed by atoms with Crippen LogP contribution in [0.25, 0.3) is 0 Å². The molecular formula is C16H20N4O2. The van der Waals surface area contributed by atoms with Gasteiger partial charge in [0.15, 0.2) is 5.82 Å². The van der Waals surface area contributed by atoms with Crippen molar-refractivity contribution in [1.82, 2.24) is 20.1 Å². The number of amides is 1. The van der Waals surface area contributed by atoms with Crippen molar-refractivity contribution in [2.24, 2.45) is 0 Å². The lowest BCUT2D eigenvalue weighted by Gasteiger charge is -2.22. The number of nitrogens with zero attached hydrogens (tertiary/aromatic N) is 3. The Kier molecular flexibility index (Phi) is 4.48. The van der Waals surface area contributed by atoms with Gasteiger partial charge in [-0.2, -0.15) is 5.10 Å². The average molecular weight is 300 g/mol. The van der Waals surface area contributed by atoms with Crippen molar-refractivity contribution in [3.8, 4) is 0 Å². The van der Waals surface area contributed by atoms with Gasteiger partial charge in [-0.15, -0.1) is 0 Å². The van der Waals surface area contributed by atoms with Crippen LogP contribution >= 0.6 is 0 Å². The standard InChI is InChI=1S/C16H20N4O2/c1-12-17-16(19-18-12)14-8-5-9-20(14)15(21)11-22-10-13-6-3-2-4-7-13/h2-4,6-7,14H,5,8-11H2,1H3,(H,17,18,19)/t14-/m1/s1. The molecule has 0 unspecified atom stereocenters. The van der Waals surface area contributed by atoms with E-state index < -0.39 is 0 Å². The highest BCUT2D eigenvalue weighted by atomic mass is 16.5. The summed E-state index contributed by atoms with van der Waals surface area (Å²) in [6.45, 7) is 3.14. The van der Waals surface area contributed by atoms with Crippen LogP contribution in [0.15, 0.2) is 30.3 Å². The number of likely N-dealkylation sites (tertiary alicyclic amines) is 1. The van der Waals surface area contributed by atoms with Crippen LogP contribution in [0.2, 0.25) is 0 Å². The molecule has 1 fully saturated rings. The van der Waals surface area contributed by atoms with Crippen LogP contribution < -0.4 is 0 Å². The van der Waals surface area contributed by atoms with Crippen LogP contribution in [0.4, 0.5) is 0 Å². The molecule has 3 rings (SSSR count). The van der Waals surface area contributed by atoms with E-state index in [2.05, 4.69) is 15.2 Å². The zero-order valence-electron chi connectivity index (χ0n) is 12.7. The lowest BCUT2D eigenvalue weighted by atomic mass is 10.2. The number of carbonyl (C=O) groups excluding carboxylic acids is 1. The summed E-state index contributed by atoms with van der Waals surface area (Å²) in [6.07, 6.45) is 1.88. The monoisotopic (exact) mass is 300 g/mol. The van der Waals surface area contributed by atoms with Gasteiger partial charge in [0.05, 0.1) is 12.6 Å². The van der Waals surface area contributed by atoms with E-state index in [1.54, 1.807) is 0 Å². The first-order valence-electron chi connectivity index (χ1n) is 7.54. The molecule has 1 aliphatic heterocycles. The number of aromatic nitrogens is 3. The Bertz CT molecular complexity index is 626. The Morgan fingerprint density at radius 2 is 2.23 bits per heavy atom. The molecule has 0 saturated carbocycles. The minimum atomic E-state index is -0.0298. The Balaban J connectivity index is 1.55.